The molecule has 65 heavy (non-hydrogen) atoms. The fourth-order valence-electron chi connectivity index (χ4n) is 13.8. The Morgan fingerprint density at radius 2 is 1.32 bits per heavy atom. The summed E-state index contributed by atoms with van der Waals surface area (Å²) in [5.74, 6) is 3.68. The largest absolute Gasteiger partial charge is 0.457 e. The molecule has 0 amide bonds. The summed E-state index contributed by atoms with van der Waals surface area (Å²) in [5.41, 5.74) is 19.3. The zero-order valence-corrected chi connectivity index (χ0v) is 37.0. The first-order valence-electron chi connectivity index (χ1n) is 24.5. The second-order valence-corrected chi connectivity index (χ2v) is 19.6. The quantitative estimate of drug-likeness (QED) is 0.127. The van der Waals surface area contributed by atoms with Gasteiger partial charge in [-0.1, -0.05) is 139 Å². The average Bonchev–Trinajstić information content (AvgIpc) is 4.04. The van der Waals surface area contributed by atoms with Crippen LogP contribution in [0.25, 0.3) is 73.0 Å². The summed E-state index contributed by atoms with van der Waals surface area (Å²) < 4.78 is 13.2. The van der Waals surface area contributed by atoms with Gasteiger partial charge in [0.1, 0.15) is 22.9 Å². The first kappa shape index (κ1) is 37.7. The number of furan rings is 2. The summed E-state index contributed by atoms with van der Waals surface area (Å²) in [4.78, 5) is 0. The normalized spacial score (nSPS) is 23.0. The van der Waals surface area contributed by atoms with E-state index >= 15 is 0 Å². The molecule has 7 aliphatic carbocycles. The molecule has 0 radical (unpaired) electrons. The Balaban J connectivity index is 1.02. The smallest absolute Gasteiger partial charge is 0.135 e. The second kappa shape index (κ2) is 14.7. The van der Waals surface area contributed by atoms with Crippen molar-refractivity contribution in [3.8, 4) is 11.1 Å². The van der Waals surface area contributed by atoms with E-state index in [0.717, 1.165) is 87.1 Å². The maximum Gasteiger partial charge on any atom is 0.135 e. The molecule has 14 rings (SSSR count). The fourth-order valence-corrected chi connectivity index (χ4v) is 13.8. The van der Waals surface area contributed by atoms with Crippen molar-refractivity contribution in [2.45, 2.75) is 82.5 Å². The number of hydrogen-bond donors (Lipinski definition) is 0. The van der Waals surface area contributed by atoms with Crippen LogP contribution in [0.1, 0.15) is 108 Å². The van der Waals surface area contributed by atoms with Gasteiger partial charge in [-0.3, -0.25) is 0 Å². The predicted molar refractivity (Wildman–Crippen MR) is 270 cm³/mol. The van der Waals surface area contributed by atoms with Crippen molar-refractivity contribution in [3.63, 3.8) is 0 Å². The van der Waals surface area contributed by atoms with Gasteiger partial charge < -0.3 is 8.83 Å². The van der Waals surface area contributed by atoms with Crippen LogP contribution in [-0.2, 0) is 24.7 Å². The molecule has 2 nitrogen and oxygen atoms in total. The van der Waals surface area contributed by atoms with Crippen LogP contribution in [0.15, 0.2) is 165 Å². The highest BCUT2D eigenvalue weighted by molar-refractivity contribution is 6.16. The monoisotopic (exact) mass is 840 g/mol. The van der Waals surface area contributed by atoms with Crippen molar-refractivity contribution in [1.29, 1.82) is 0 Å². The van der Waals surface area contributed by atoms with Gasteiger partial charge in [-0.25, -0.2) is 0 Å². The molecule has 0 bridgehead atoms. The van der Waals surface area contributed by atoms with Crippen LogP contribution < -0.4 is 0 Å². The Kier molecular flexibility index (Phi) is 8.52. The van der Waals surface area contributed by atoms with Crippen LogP contribution in [-0.4, -0.2) is 0 Å². The average molecular weight is 841 g/mol. The third-order valence-electron chi connectivity index (χ3n) is 16.4. The Hall–Kier alpha value is -6.64. The molecule has 2 heteroatoms. The molecule has 7 aromatic rings. The highest BCUT2D eigenvalue weighted by Crippen LogP contribution is 2.65. The number of allylic oxidation sites excluding steroid dienone is 13. The van der Waals surface area contributed by atoms with E-state index < -0.39 is 0 Å². The van der Waals surface area contributed by atoms with E-state index in [1.165, 1.54) is 101 Å². The maximum atomic E-state index is 6.62. The lowest BCUT2D eigenvalue weighted by Crippen LogP contribution is -2.38. The fraction of sp³-hybridized carbons (Fsp3) is 0.238. The van der Waals surface area contributed by atoms with Gasteiger partial charge in [-0.05, 0) is 173 Å². The lowest BCUT2D eigenvalue weighted by molar-refractivity contribution is 0.420. The molecule has 3 atom stereocenters. The zero-order valence-electron chi connectivity index (χ0n) is 37.0. The Labute approximate surface area is 381 Å². The zero-order chi connectivity index (χ0) is 42.6. The van der Waals surface area contributed by atoms with Gasteiger partial charge in [0.2, 0.25) is 0 Å². The number of hydrogen-bond acceptors (Lipinski definition) is 2. The molecule has 2 heterocycles. The van der Waals surface area contributed by atoms with Crippen molar-refractivity contribution in [2.75, 3.05) is 0 Å². The number of fused-ring (bicyclic) bond motifs is 10. The van der Waals surface area contributed by atoms with Crippen LogP contribution in [0.5, 0.6) is 0 Å². The lowest BCUT2D eigenvalue weighted by atomic mass is 9.59. The standard InChI is InChI=1S/C63H52O2/c1-3-16-41(17-4-1)63(42-18-5-2-6-19-42)55-28-10-7-22-51(55)62-52(27-15-29-56(62)63)61-49-25-13-23-43(39-32-34-47-45-20-8-11-30-57(45)64-59(47)36-39)53(49)38-54-44(24-14-26-50(54)61)40-33-35-48-46-21-9-12-31-58(46)65-60(48)37-40/h1,3-5,11-19,23-27,29-32,34,36-38,56,62H,2,6-10,20-22,28,33,35H2. The van der Waals surface area contributed by atoms with Crippen molar-refractivity contribution in [1.82, 2.24) is 0 Å². The van der Waals surface area contributed by atoms with E-state index in [4.69, 9.17) is 8.83 Å². The first-order chi connectivity index (χ1) is 32.2. The first-order valence-corrected chi connectivity index (χ1v) is 24.5. The minimum atomic E-state index is -0.194. The molecule has 0 spiro atoms. The molecule has 5 aromatic carbocycles. The van der Waals surface area contributed by atoms with Crippen LogP contribution in [0, 0.1) is 11.8 Å². The van der Waals surface area contributed by atoms with Crippen LogP contribution in [0.2, 0.25) is 0 Å². The molecule has 0 saturated carbocycles. The van der Waals surface area contributed by atoms with Crippen molar-refractivity contribution in [3.05, 3.63) is 207 Å². The van der Waals surface area contributed by atoms with Crippen molar-refractivity contribution < 1.29 is 8.83 Å². The minimum Gasteiger partial charge on any atom is -0.457 e. The Bertz CT molecular complexity index is 3430. The third kappa shape index (κ3) is 5.53. The Morgan fingerprint density at radius 3 is 2.17 bits per heavy atom. The molecule has 2 aromatic heterocycles. The minimum absolute atomic E-state index is 0.194. The van der Waals surface area contributed by atoms with Crippen molar-refractivity contribution >= 4 is 61.9 Å². The summed E-state index contributed by atoms with van der Waals surface area (Å²) in [5, 5.41) is 6.53. The SMILES string of the molecule is C1=CC2C(C(c3c4cccc(C5=Cc6oc7c(c6CC5)CCC=C7)c4cc4c(-c5ccc6c7c(oc6c5)C=CCC7)cccc34)=C1)C1=C(CCCC1)C2(C1=CCCC=C1)c1ccccc1. The number of rotatable bonds is 5. The Morgan fingerprint density at radius 1 is 0.554 bits per heavy atom. The molecule has 3 unspecified atom stereocenters. The molecule has 316 valence electrons. The van der Waals surface area contributed by atoms with E-state index in [-0.39, 0.29) is 17.3 Å². The topological polar surface area (TPSA) is 26.3 Å². The molecule has 0 N–H and O–H groups in total. The van der Waals surface area contributed by atoms with Gasteiger partial charge in [-0.15, -0.1) is 0 Å². The van der Waals surface area contributed by atoms with Crippen LogP contribution >= 0.6 is 0 Å². The molecule has 0 fully saturated rings. The van der Waals surface area contributed by atoms with E-state index in [1.807, 2.05) is 0 Å². The summed E-state index contributed by atoms with van der Waals surface area (Å²) in [6, 6.07) is 35.3. The highest BCUT2D eigenvalue weighted by Gasteiger charge is 2.56. The van der Waals surface area contributed by atoms with E-state index in [9.17, 15) is 0 Å². The van der Waals surface area contributed by atoms with Gasteiger partial charge in [-0.2, -0.15) is 0 Å². The van der Waals surface area contributed by atoms with Gasteiger partial charge in [0, 0.05) is 39.3 Å². The highest BCUT2D eigenvalue weighted by atomic mass is 16.3. The lowest BCUT2D eigenvalue weighted by Gasteiger charge is -2.43. The third-order valence-corrected chi connectivity index (χ3v) is 16.4. The van der Waals surface area contributed by atoms with E-state index in [2.05, 4.69) is 158 Å². The van der Waals surface area contributed by atoms with Gasteiger partial charge >= 0.3 is 0 Å². The predicted octanol–water partition coefficient (Wildman–Crippen LogP) is 16.7. The van der Waals surface area contributed by atoms with Crippen LogP contribution in [0.4, 0.5) is 0 Å². The molecule has 0 aliphatic heterocycles. The van der Waals surface area contributed by atoms with Gasteiger partial charge in [0.15, 0.2) is 0 Å². The van der Waals surface area contributed by atoms with Gasteiger partial charge in [0.05, 0.1) is 0 Å². The number of benzene rings is 5. The molecular formula is C63H52O2. The van der Waals surface area contributed by atoms with Crippen LogP contribution in [0.3, 0.4) is 0 Å². The summed E-state index contributed by atoms with van der Waals surface area (Å²) >= 11 is 0. The molecular weight excluding hydrogens is 789 g/mol. The number of aryl methyl sites for hydroxylation is 1. The van der Waals surface area contributed by atoms with Crippen molar-refractivity contribution in [2.24, 2.45) is 11.8 Å². The molecule has 7 aliphatic rings. The van der Waals surface area contributed by atoms with Gasteiger partial charge in [0.25, 0.3) is 0 Å². The summed E-state index contributed by atoms with van der Waals surface area (Å²) in [6.07, 6.45) is 39.6. The summed E-state index contributed by atoms with van der Waals surface area (Å²) in [7, 11) is 0. The summed E-state index contributed by atoms with van der Waals surface area (Å²) in [6.45, 7) is 0. The second-order valence-electron chi connectivity index (χ2n) is 19.6. The van der Waals surface area contributed by atoms with E-state index in [1.54, 1.807) is 11.1 Å². The maximum absolute atomic E-state index is 6.62. The molecule has 0 saturated heterocycles. The van der Waals surface area contributed by atoms with E-state index in [0.29, 0.717) is 0 Å².